The number of hydrogen-bond acceptors (Lipinski definition) is 8. The topological polar surface area (TPSA) is 121 Å². The molecule has 0 unspecified atom stereocenters. The number of carbonyl (C=O) groups is 1. The van der Waals surface area contributed by atoms with Crippen molar-refractivity contribution in [2.45, 2.75) is 4.90 Å². The number of anilines is 1. The zero-order valence-corrected chi connectivity index (χ0v) is 15.9. The molecule has 3 aromatic rings. The summed E-state index contributed by atoms with van der Waals surface area (Å²) in [6.07, 6.45) is 1.08. The second-order valence-electron chi connectivity index (χ2n) is 5.69. The van der Waals surface area contributed by atoms with Crippen LogP contribution in [0.3, 0.4) is 0 Å². The molecule has 1 amide bonds. The van der Waals surface area contributed by atoms with Crippen LogP contribution in [0.1, 0.15) is 0 Å². The van der Waals surface area contributed by atoms with Crippen molar-refractivity contribution in [3.8, 4) is 23.0 Å². The van der Waals surface area contributed by atoms with Crippen molar-refractivity contribution < 1.29 is 27.1 Å². The largest absolute Gasteiger partial charge is 0.497 e. The summed E-state index contributed by atoms with van der Waals surface area (Å²) in [5, 5.41) is 9.92. The Kier molecular flexibility index (Phi) is 5.59. The number of hydrogen-bond donors (Lipinski definition) is 1. The van der Waals surface area contributed by atoms with Gasteiger partial charge >= 0.3 is 6.01 Å². The molecule has 0 bridgehead atoms. The van der Waals surface area contributed by atoms with Gasteiger partial charge in [0.15, 0.2) is 16.4 Å². The maximum absolute atomic E-state index is 12.0. The summed E-state index contributed by atoms with van der Waals surface area (Å²) in [5.41, 5.74) is 0.257. The van der Waals surface area contributed by atoms with Gasteiger partial charge in [-0.15, -0.1) is 5.10 Å². The minimum Gasteiger partial charge on any atom is -0.497 e. The number of amides is 1. The van der Waals surface area contributed by atoms with Gasteiger partial charge in [0.25, 0.3) is 11.8 Å². The summed E-state index contributed by atoms with van der Waals surface area (Å²) in [6.45, 7) is -0.274. The molecule has 0 fully saturated rings. The van der Waals surface area contributed by atoms with Crippen molar-refractivity contribution in [3.05, 3.63) is 48.5 Å². The predicted octanol–water partition coefficient (Wildman–Crippen LogP) is 2.17. The van der Waals surface area contributed by atoms with Gasteiger partial charge in [-0.3, -0.25) is 10.1 Å². The van der Waals surface area contributed by atoms with E-state index in [0.717, 1.165) is 6.26 Å². The van der Waals surface area contributed by atoms with Crippen molar-refractivity contribution in [1.82, 2.24) is 10.2 Å². The van der Waals surface area contributed by atoms with E-state index in [1.165, 1.54) is 6.07 Å². The predicted molar refractivity (Wildman–Crippen MR) is 100.0 cm³/mol. The van der Waals surface area contributed by atoms with Gasteiger partial charge < -0.3 is 13.9 Å². The molecule has 1 heterocycles. The number of nitrogens with zero attached hydrogens (tertiary/aromatic N) is 2. The van der Waals surface area contributed by atoms with E-state index in [1.54, 1.807) is 49.6 Å². The van der Waals surface area contributed by atoms with Crippen molar-refractivity contribution in [2.24, 2.45) is 0 Å². The Morgan fingerprint density at radius 2 is 1.75 bits per heavy atom. The summed E-state index contributed by atoms with van der Waals surface area (Å²) >= 11 is 0. The van der Waals surface area contributed by atoms with Crippen LogP contribution in [0.2, 0.25) is 0 Å². The molecule has 0 saturated heterocycles. The SMILES string of the molecule is COc1ccc(OCC(=O)Nc2nnc(-c3ccccc3S(C)(=O)=O)o2)cc1. The Morgan fingerprint density at radius 1 is 1.07 bits per heavy atom. The van der Waals surface area contributed by atoms with E-state index in [-0.39, 0.29) is 29.0 Å². The molecule has 9 nitrogen and oxygen atoms in total. The Balaban J connectivity index is 1.65. The minimum absolute atomic E-state index is 0.0209. The highest BCUT2D eigenvalue weighted by Crippen LogP contribution is 2.27. The Hall–Kier alpha value is -3.40. The lowest BCUT2D eigenvalue weighted by atomic mass is 10.2. The third kappa shape index (κ3) is 4.65. The van der Waals surface area contributed by atoms with Gasteiger partial charge in [0.1, 0.15) is 11.5 Å². The fourth-order valence-corrected chi connectivity index (χ4v) is 3.21. The quantitative estimate of drug-likeness (QED) is 0.637. The number of carbonyl (C=O) groups excluding carboxylic acids is 1. The van der Waals surface area contributed by atoms with Crippen molar-refractivity contribution in [2.75, 3.05) is 25.3 Å². The van der Waals surface area contributed by atoms with Crippen LogP contribution < -0.4 is 14.8 Å². The molecular formula is C18H17N3O6S. The number of aromatic nitrogens is 2. The summed E-state index contributed by atoms with van der Waals surface area (Å²) < 4.78 is 39.5. The molecule has 10 heteroatoms. The lowest BCUT2D eigenvalue weighted by molar-refractivity contribution is -0.118. The van der Waals surface area contributed by atoms with E-state index in [0.29, 0.717) is 11.5 Å². The fraction of sp³-hybridized carbons (Fsp3) is 0.167. The molecule has 0 radical (unpaired) electrons. The van der Waals surface area contributed by atoms with Gasteiger partial charge in [-0.2, -0.15) is 0 Å². The third-order valence-corrected chi connectivity index (χ3v) is 4.77. The number of ether oxygens (including phenoxy) is 2. The monoisotopic (exact) mass is 403 g/mol. The van der Waals surface area contributed by atoms with Crippen LogP contribution in [0.5, 0.6) is 11.5 Å². The van der Waals surface area contributed by atoms with Gasteiger partial charge in [0, 0.05) is 6.26 Å². The molecule has 28 heavy (non-hydrogen) atoms. The molecule has 0 aliphatic carbocycles. The minimum atomic E-state index is -3.48. The Labute approximate surface area is 161 Å². The third-order valence-electron chi connectivity index (χ3n) is 3.62. The van der Waals surface area contributed by atoms with E-state index in [1.807, 2.05) is 0 Å². The fourth-order valence-electron chi connectivity index (χ4n) is 2.33. The number of rotatable bonds is 7. The lowest BCUT2D eigenvalue weighted by Gasteiger charge is -2.06. The molecule has 0 aliphatic rings. The summed E-state index contributed by atoms with van der Waals surface area (Å²) in [6, 6.07) is 12.8. The average molecular weight is 403 g/mol. The lowest BCUT2D eigenvalue weighted by Crippen LogP contribution is -2.20. The first-order valence-corrected chi connectivity index (χ1v) is 9.95. The van der Waals surface area contributed by atoms with Crippen molar-refractivity contribution in [1.29, 1.82) is 0 Å². The molecule has 0 aliphatic heterocycles. The normalized spacial score (nSPS) is 11.1. The van der Waals surface area contributed by atoms with Crippen LogP contribution in [0.4, 0.5) is 6.01 Å². The molecule has 0 saturated carbocycles. The molecular weight excluding hydrogens is 386 g/mol. The van der Waals surface area contributed by atoms with E-state index in [2.05, 4.69) is 15.5 Å². The Morgan fingerprint density at radius 3 is 2.43 bits per heavy atom. The van der Waals surface area contributed by atoms with Crippen LogP contribution >= 0.6 is 0 Å². The molecule has 0 atom stereocenters. The highest BCUT2D eigenvalue weighted by atomic mass is 32.2. The first-order chi connectivity index (χ1) is 13.4. The van der Waals surface area contributed by atoms with Crippen molar-refractivity contribution in [3.63, 3.8) is 0 Å². The number of nitrogens with one attached hydrogen (secondary N) is 1. The molecule has 0 spiro atoms. The smallest absolute Gasteiger partial charge is 0.322 e. The standard InChI is InChI=1S/C18H17N3O6S/c1-25-12-7-9-13(10-8-12)26-11-16(22)19-18-21-20-17(27-18)14-5-3-4-6-15(14)28(2,23)24/h3-10H,11H2,1-2H3,(H,19,21,22). The molecule has 146 valence electrons. The van der Waals surface area contributed by atoms with Gasteiger partial charge in [0.05, 0.1) is 17.6 Å². The molecule has 3 rings (SSSR count). The number of benzene rings is 2. The van der Waals surface area contributed by atoms with E-state index < -0.39 is 15.7 Å². The molecule has 1 aromatic heterocycles. The second kappa shape index (κ2) is 8.09. The maximum atomic E-state index is 12.0. The summed E-state index contributed by atoms with van der Waals surface area (Å²) in [5.74, 6) is 0.628. The average Bonchev–Trinajstić information content (AvgIpc) is 3.14. The van der Waals surface area contributed by atoms with Crippen LogP contribution in [0.25, 0.3) is 11.5 Å². The highest BCUT2D eigenvalue weighted by molar-refractivity contribution is 7.90. The first kappa shape index (κ1) is 19.4. The summed E-state index contributed by atoms with van der Waals surface area (Å²) in [7, 11) is -1.93. The van der Waals surface area contributed by atoms with Crippen molar-refractivity contribution >= 4 is 21.8 Å². The van der Waals surface area contributed by atoms with Gasteiger partial charge in [-0.1, -0.05) is 17.2 Å². The number of methoxy groups -OCH3 is 1. The van der Waals surface area contributed by atoms with Crippen LogP contribution in [-0.4, -0.2) is 44.5 Å². The van der Waals surface area contributed by atoms with E-state index in [4.69, 9.17) is 13.9 Å². The highest BCUT2D eigenvalue weighted by Gasteiger charge is 2.19. The maximum Gasteiger partial charge on any atom is 0.322 e. The molecule has 2 aromatic carbocycles. The second-order valence-corrected chi connectivity index (χ2v) is 7.68. The molecule has 1 N–H and O–H groups in total. The Bertz CT molecular complexity index is 1080. The van der Waals surface area contributed by atoms with Gasteiger partial charge in [-0.05, 0) is 36.4 Å². The van der Waals surface area contributed by atoms with Gasteiger partial charge in [0.2, 0.25) is 0 Å². The van der Waals surface area contributed by atoms with Crippen LogP contribution in [0.15, 0.2) is 57.8 Å². The number of sulfone groups is 1. The van der Waals surface area contributed by atoms with E-state index in [9.17, 15) is 13.2 Å². The van der Waals surface area contributed by atoms with Crippen LogP contribution in [-0.2, 0) is 14.6 Å². The summed E-state index contributed by atoms with van der Waals surface area (Å²) in [4.78, 5) is 12.1. The zero-order chi connectivity index (χ0) is 20.1. The first-order valence-electron chi connectivity index (χ1n) is 8.06. The van der Waals surface area contributed by atoms with E-state index >= 15 is 0 Å². The van der Waals surface area contributed by atoms with Gasteiger partial charge in [-0.25, -0.2) is 8.42 Å². The van der Waals surface area contributed by atoms with Crippen LogP contribution in [0, 0.1) is 0 Å². The zero-order valence-electron chi connectivity index (χ0n) is 15.1.